The van der Waals surface area contributed by atoms with E-state index in [1.165, 1.54) is 5.01 Å². The zero-order valence-electron chi connectivity index (χ0n) is 17.3. The molecule has 3 heterocycles. The number of benzene rings is 2. The Balaban J connectivity index is 1.42. The zero-order valence-corrected chi connectivity index (χ0v) is 17.3. The van der Waals surface area contributed by atoms with Gasteiger partial charge in [-0.25, -0.2) is 5.01 Å². The number of carbonyl (C=O) groups excluding carboxylic acids is 2. The lowest BCUT2D eigenvalue weighted by molar-refractivity contribution is -0.157. The smallest absolute Gasteiger partial charge is 0.266 e. The van der Waals surface area contributed by atoms with E-state index < -0.39 is 6.04 Å². The quantitative estimate of drug-likeness (QED) is 0.659. The summed E-state index contributed by atoms with van der Waals surface area (Å²) in [5.74, 6) is 0.930. The zero-order chi connectivity index (χ0) is 21.5. The monoisotopic (exact) mass is 418 g/mol. The predicted octanol–water partition coefficient (Wildman–Crippen LogP) is 2.31. The molecular formula is C23H22N4O4. The number of hydrogen-bond acceptors (Lipinski definition) is 5. The summed E-state index contributed by atoms with van der Waals surface area (Å²) in [5, 5.41) is 6.68. The SMILES string of the molecule is COc1ccc(/C=N/N2CC(=O)N3Cc4[nH]c5ccccc5c4C[C@H]3C2=O)c(OC)c1. The first-order valence-corrected chi connectivity index (χ1v) is 10.0. The Labute approximate surface area is 179 Å². The number of aromatic amines is 1. The Morgan fingerprint density at radius 1 is 1.10 bits per heavy atom. The van der Waals surface area contributed by atoms with E-state index in [0.717, 1.165) is 22.2 Å². The second-order valence-corrected chi connectivity index (χ2v) is 7.62. The molecule has 8 heteroatoms. The summed E-state index contributed by atoms with van der Waals surface area (Å²) >= 11 is 0. The number of fused-ring (bicyclic) bond motifs is 4. The third-order valence-corrected chi connectivity index (χ3v) is 5.93. The van der Waals surface area contributed by atoms with E-state index in [-0.39, 0.29) is 18.4 Å². The van der Waals surface area contributed by atoms with Gasteiger partial charge in [-0.2, -0.15) is 5.10 Å². The molecule has 0 bridgehead atoms. The molecule has 1 N–H and O–H groups in total. The maximum absolute atomic E-state index is 13.2. The summed E-state index contributed by atoms with van der Waals surface area (Å²) in [6, 6.07) is 12.8. The third-order valence-electron chi connectivity index (χ3n) is 5.93. The lowest BCUT2D eigenvalue weighted by atomic mass is 9.94. The molecule has 1 aromatic heterocycles. The van der Waals surface area contributed by atoms with Crippen LogP contribution in [0.2, 0.25) is 0 Å². The third kappa shape index (κ3) is 3.20. The van der Waals surface area contributed by atoms with Gasteiger partial charge in [-0.15, -0.1) is 0 Å². The number of hydrazone groups is 1. The summed E-state index contributed by atoms with van der Waals surface area (Å²) in [7, 11) is 3.13. The molecule has 31 heavy (non-hydrogen) atoms. The van der Waals surface area contributed by atoms with Crippen LogP contribution < -0.4 is 9.47 Å². The molecule has 5 rings (SSSR count). The Kier molecular flexibility index (Phi) is 4.62. The van der Waals surface area contributed by atoms with E-state index in [4.69, 9.17) is 9.47 Å². The number of carbonyl (C=O) groups is 2. The maximum Gasteiger partial charge on any atom is 0.266 e. The molecule has 0 spiro atoms. The van der Waals surface area contributed by atoms with Crippen molar-refractivity contribution in [2.75, 3.05) is 20.8 Å². The Morgan fingerprint density at radius 3 is 2.74 bits per heavy atom. The molecule has 1 atom stereocenters. The fourth-order valence-electron chi connectivity index (χ4n) is 4.31. The minimum absolute atomic E-state index is 0.0835. The second-order valence-electron chi connectivity index (χ2n) is 7.62. The minimum Gasteiger partial charge on any atom is -0.497 e. The van der Waals surface area contributed by atoms with E-state index in [1.54, 1.807) is 43.5 Å². The number of piperazine rings is 1. The van der Waals surface area contributed by atoms with Gasteiger partial charge in [0.1, 0.15) is 24.1 Å². The second kappa shape index (κ2) is 7.46. The lowest BCUT2D eigenvalue weighted by Gasteiger charge is -2.40. The van der Waals surface area contributed by atoms with E-state index in [1.807, 2.05) is 24.3 Å². The lowest BCUT2D eigenvalue weighted by Crippen LogP contribution is -2.60. The highest BCUT2D eigenvalue weighted by Gasteiger charge is 2.43. The number of rotatable bonds is 4. The highest BCUT2D eigenvalue weighted by Crippen LogP contribution is 2.32. The van der Waals surface area contributed by atoms with Crippen LogP contribution in [-0.4, -0.2) is 59.7 Å². The van der Waals surface area contributed by atoms with Crippen molar-refractivity contribution in [1.29, 1.82) is 0 Å². The van der Waals surface area contributed by atoms with Crippen molar-refractivity contribution in [3.05, 3.63) is 59.3 Å². The average Bonchev–Trinajstić information content (AvgIpc) is 3.17. The number of H-pyrrole nitrogens is 1. The Bertz CT molecular complexity index is 1220. The van der Waals surface area contributed by atoms with Crippen LogP contribution in [0.25, 0.3) is 10.9 Å². The van der Waals surface area contributed by atoms with Gasteiger partial charge in [0.15, 0.2) is 0 Å². The number of amides is 2. The molecule has 8 nitrogen and oxygen atoms in total. The van der Waals surface area contributed by atoms with Crippen LogP contribution in [-0.2, 0) is 22.6 Å². The summed E-state index contributed by atoms with van der Waals surface area (Å²) in [6.07, 6.45) is 2.01. The first kappa shape index (κ1) is 19.2. The number of hydrogen-bond donors (Lipinski definition) is 1. The number of ether oxygens (including phenoxy) is 2. The standard InChI is InChI=1S/C23H22N4O4/c1-30-15-8-7-14(21(9-15)31-2)11-24-27-13-22(28)26-12-19-17(10-20(26)23(27)29)16-5-3-4-6-18(16)25-19/h3-9,11,20,25H,10,12-13H2,1-2H3/b24-11+/t20-/m0/s1. The van der Waals surface area contributed by atoms with Crippen molar-refractivity contribution < 1.29 is 19.1 Å². The van der Waals surface area contributed by atoms with Gasteiger partial charge in [0.05, 0.1) is 27.0 Å². The maximum atomic E-state index is 13.2. The van der Waals surface area contributed by atoms with Crippen molar-refractivity contribution in [2.24, 2.45) is 5.10 Å². The number of methoxy groups -OCH3 is 2. The molecule has 2 aliphatic rings. The fraction of sp³-hybridized carbons (Fsp3) is 0.261. The Hall–Kier alpha value is -3.81. The Morgan fingerprint density at radius 2 is 1.94 bits per heavy atom. The number of aromatic nitrogens is 1. The highest BCUT2D eigenvalue weighted by atomic mass is 16.5. The van der Waals surface area contributed by atoms with Crippen molar-refractivity contribution in [2.45, 2.75) is 19.0 Å². The van der Waals surface area contributed by atoms with Gasteiger partial charge < -0.3 is 19.4 Å². The molecule has 0 unspecified atom stereocenters. The summed E-state index contributed by atoms with van der Waals surface area (Å²) in [5.41, 5.74) is 3.81. The molecule has 0 aliphatic carbocycles. The van der Waals surface area contributed by atoms with Gasteiger partial charge >= 0.3 is 0 Å². The van der Waals surface area contributed by atoms with Crippen molar-refractivity contribution >= 4 is 28.9 Å². The number of nitrogens with zero attached hydrogens (tertiary/aromatic N) is 3. The van der Waals surface area contributed by atoms with Gasteiger partial charge in [-0.05, 0) is 23.8 Å². The van der Waals surface area contributed by atoms with Crippen LogP contribution in [0, 0.1) is 0 Å². The van der Waals surface area contributed by atoms with Crippen molar-refractivity contribution in [1.82, 2.24) is 14.9 Å². The highest BCUT2D eigenvalue weighted by molar-refractivity contribution is 5.97. The van der Waals surface area contributed by atoms with Crippen LogP contribution in [0.3, 0.4) is 0 Å². The van der Waals surface area contributed by atoms with Gasteiger partial charge in [0.25, 0.3) is 5.91 Å². The molecule has 158 valence electrons. The fourth-order valence-corrected chi connectivity index (χ4v) is 4.31. The van der Waals surface area contributed by atoms with E-state index in [2.05, 4.69) is 10.1 Å². The van der Waals surface area contributed by atoms with E-state index in [9.17, 15) is 9.59 Å². The predicted molar refractivity (Wildman–Crippen MR) is 115 cm³/mol. The minimum atomic E-state index is -0.553. The summed E-state index contributed by atoms with van der Waals surface area (Å²) in [6.45, 7) is 0.322. The topological polar surface area (TPSA) is 87.2 Å². The molecule has 1 fully saturated rings. The molecule has 2 amide bonds. The van der Waals surface area contributed by atoms with Gasteiger partial charge in [0, 0.05) is 34.6 Å². The largest absolute Gasteiger partial charge is 0.497 e. The first-order chi connectivity index (χ1) is 15.1. The average molecular weight is 418 g/mol. The van der Waals surface area contributed by atoms with Gasteiger partial charge in [-0.3, -0.25) is 9.59 Å². The van der Waals surface area contributed by atoms with Crippen LogP contribution in [0.15, 0.2) is 47.6 Å². The number of para-hydroxylation sites is 1. The molecular weight excluding hydrogens is 396 g/mol. The van der Waals surface area contributed by atoms with Gasteiger partial charge in [0.2, 0.25) is 5.91 Å². The van der Waals surface area contributed by atoms with Crippen LogP contribution in [0.4, 0.5) is 0 Å². The molecule has 0 saturated carbocycles. The summed E-state index contributed by atoms with van der Waals surface area (Å²) < 4.78 is 10.6. The number of nitrogens with one attached hydrogen (secondary N) is 1. The van der Waals surface area contributed by atoms with Crippen LogP contribution in [0.1, 0.15) is 16.8 Å². The van der Waals surface area contributed by atoms with Crippen LogP contribution >= 0.6 is 0 Å². The molecule has 1 saturated heterocycles. The van der Waals surface area contributed by atoms with E-state index in [0.29, 0.717) is 30.0 Å². The normalized spacial score (nSPS) is 18.5. The molecule has 3 aromatic rings. The van der Waals surface area contributed by atoms with Crippen LogP contribution in [0.5, 0.6) is 11.5 Å². The van der Waals surface area contributed by atoms with E-state index >= 15 is 0 Å². The molecule has 2 aromatic carbocycles. The molecule has 0 radical (unpaired) electrons. The van der Waals surface area contributed by atoms with Gasteiger partial charge in [-0.1, -0.05) is 18.2 Å². The van der Waals surface area contributed by atoms with Crippen molar-refractivity contribution in [3.63, 3.8) is 0 Å². The first-order valence-electron chi connectivity index (χ1n) is 10.0. The summed E-state index contributed by atoms with van der Waals surface area (Å²) in [4.78, 5) is 31.1. The van der Waals surface area contributed by atoms with Crippen molar-refractivity contribution in [3.8, 4) is 11.5 Å². The molecule has 2 aliphatic heterocycles.